The van der Waals surface area contributed by atoms with Crippen LogP contribution in [-0.4, -0.2) is 109 Å². The first-order valence-corrected chi connectivity index (χ1v) is 19.1. The van der Waals surface area contributed by atoms with Crippen molar-refractivity contribution in [2.75, 3.05) is 59.0 Å². The molecule has 9 nitrogen and oxygen atoms in total. The molecule has 3 aromatic rings. The van der Waals surface area contributed by atoms with Gasteiger partial charge in [-0.25, -0.2) is 0 Å². The molecule has 1 atom stereocenters. The summed E-state index contributed by atoms with van der Waals surface area (Å²) in [6.07, 6.45) is 5.86. The molecule has 3 heterocycles. The molecule has 49 heavy (non-hydrogen) atoms. The zero-order valence-electron chi connectivity index (χ0n) is 29.6. The second kappa shape index (κ2) is 16.5. The second-order valence-corrected chi connectivity index (χ2v) is 15.4. The molecule has 3 aliphatic rings. The molecule has 0 unspecified atom stereocenters. The average Bonchev–Trinajstić information content (AvgIpc) is 3.76. The number of morpholine rings is 1. The van der Waals surface area contributed by atoms with E-state index in [2.05, 4.69) is 88.6 Å². The van der Waals surface area contributed by atoms with Crippen LogP contribution in [0.2, 0.25) is 0 Å². The fourth-order valence-electron chi connectivity index (χ4n) is 7.45. The number of thiophene rings is 1. The SMILES string of the molecule is Cc1ccc2cc(C(=O)NC3(C(=O)N[C@@H](CCCN4CCN(C(=NC(C)C)N5CCOCC5)CC4)Cc4ccccc4)CCCC3)sc2c1. The van der Waals surface area contributed by atoms with Crippen LogP contribution in [-0.2, 0) is 16.0 Å². The highest BCUT2D eigenvalue weighted by molar-refractivity contribution is 7.20. The summed E-state index contributed by atoms with van der Waals surface area (Å²) in [5.74, 6) is 0.939. The molecule has 6 rings (SSSR count). The maximum Gasteiger partial charge on any atom is 0.262 e. The van der Waals surface area contributed by atoms with E-state index in [-0.39, 0.29) is 23.9 Å². The summed E-state index contributed by atoms with van der Waals surface area (Å²) >= 11 is 1.50. The monoisotopic (exact) mass is 686 g/mol. The van der Waals surface area contributed by atoms with Gasteiger partial charge in [-0.2, -0.15) is 0 Å². The number of rotatable bonds is 11. The van der Waals surface area contributed by atoms with Crippen molar-refractivity contribution in [2.24, 2.45) is 4.99 Å². The minimum atomic E-state index is -0.871. The first-order valence-electron chi connectivity index (χ1n) is 18.3. The van der Waals surface area contributed by atoms with E-state index in [9.17, 15) is 9.59 Å². The maximum absolute atomic E-state index is 14.2. The first kappa shape index (κ1) is 35.4. The Labute approximate surface area is 296 Å². The molecule has 2 amide bonds. The Balaban J connectivity index is 1.06. The largest absolute Gasteiger partial charge is 0.378 e. The molecule has 0 radical (unpaired) electrons. The minimum Gasteiger partial charge on any atom is -0.378 e. The Hall–Kier alpha value is -3.47. The molecule has 1 aromatic heterocycles. The van der Waals surface area contributed by atoms with Crippen molar-refractivity contribution in [3.8, 4) is 0 Å². The van der Waals surface area contributed by atoms with Gasteiger partial charge >= 0.3 is 0 Å². The van der Waals surface area contributed by atoms with E-state index in [0.29, 0.717) is 17.7 Å². The van der Waals surface area contributed by atoms with Gasteiger partial charge in [-0.1, -0.05) is 55.3 Å². The van der Waals surface area contributed by atoms with Crippen LogP contribution in [0.15, 0.2) is 59.6 Å². The number of aliphatic imine (C=N–C) groups is 1. The Kier molecular flexibility index (Phi) is 11.9. The van der Waals surface area contributed by atoms with Crippen LogP contribution in [0.1, 0.15) is 73.2 Å². The van der Waals surface area contributed by atoms with Gasteiger partial charge in [0.25, 0.3) is 5.91 Å². The molecular formula is C39H54N6O3S. The number of hydrogen-bond acceptors (Lipinski definition) is 6. The second-order valence-electron chi connectivity index (χ2n) is 14.3. The quantitative estimate of drug-likeness (QED) is 0.206. The Morgan fingerprint density at radius 1 is 0.939 bits per heavy atom. The van der Waals surface area contributed by atoms with Gasteiger partial charge in [0.15, 0.2) is 5.96 Å². The number of guanidine groups is 1. The molecule has 10 heteroatoms. The minimum absolute atomic E-state index is 0.0102. The molecular weight excluding hydrogens is 633 g/mol. The molecule has 3 fully saturated rings. The molecule has 0 spiro atoms. The first-order chi connectivity index (χ1) is 23.8. The maximum atomic E-state index is 14.2. The van der Waals surface area contributed by atoms with Crippen LogP contribution >= 0.6 is 11.3 Å². The van der Waals surface area contributed by atoms with Crippen LogP contribution in [0.3, 0.4) is 0 Å². The molecule has 2 aliphatic heterocycles. The number of carbonyl (C=O) groups is 2. The van der Waals surface area contributed by atoms with E-state index in [0.717, 1.165) is 107 Å². The molecule has 2 saturated heterocycles. The number of hydrogen-bond donors (Lipinski definition) is 2. The zero-order chi connectivity index (χ0) is 34.2. The lowest BCUT2D eigenvalue weighted by Gasteiger charge is -2.41. The number of piperazine rings is 1. The smallest absolute Gasteiger partial charge is 0.262 e. The number of ether oxygens (including phenoxy) is 1. The van der Waals surface area contributed by atoms with E-state index in [1.54, 1.807) is 0 Å². The van der Waals surface area contributed by atoms with Crippen molar-refractivity contribution in [1.82, 2.24) is 25.3 Å². The van der Waals surface area contributed by atoms with Crippen molar-refractivity contribution in [3.63, 3.8) is 0 Å². The summed E-state index contributed by atoms with van der Waals surface area (Å²) in [7, 11) is 0. The van der Waals surface area contributed by atoms with E-state index >= 15 is 0 Å². The van der Waals surface area contributed by atoms with Crippen molar-refractivity contribution in [3.05, 3.63) is 70.6 Å². The van der Waals surface area contributed by atoms with Gasteiger partial charge in [-0.15, -0.1) is 11.3 Å². The number of nitrogens with one attached hydrogen (secondary N) is 2. The van der Waals surface area contributed by atoms with Gasteiger partial charge < -0.3 is 25.2 Å². The topological polar surface area (TPSA) is 89.5 Å². The highest BCUT2D eigenvalue weighted by atomic mass is 32.1. The van der Waals surface area contributed by atoms with Gasteiger partial charge in [0.2, 0.25) is 5.91 Å². The van der Waals surface area contributed by atoms with Crippen molar-refractivity contribution in [2.45, 2.75) is 83.3 Å². The lowest BCUT2D eigenvalue weighted by Crippen LogP contribution is -2.59. The molecule has 1 saturated carbocycles. The molecule has 0 bridgehead atoms. The van der Waals surface area contributed by atoms with Crippen LogP contribution in [0.25, 0.3) is 10.1 Å². The van der Waals surface area contributed by atoms with E-state index in [4.69, 9.17) is 9.73 Å². The summed E-state index contributed by atoms with van der Waals surface area (Å²) in [4.78, 5) is 40.8. The van der Waals surface area contributed by atoms with E-state index in [1.165, 1.54) is 22.5 Å². The molecule has 1 aliphatic carbocycles. The van der Waals surface area contributed by atoms with Crippen LogP contribution in [0, 0.1) is 6.92 Å². The summed E-state index contributed by atoms with van der Waals surface area (Å²) < 4.78 is 6.70. The molecule has 264 valence electrons. The summed E-state index contributed by atoms with van der Waals surface area (Å²) in [6, 6.07) is 18.9. The van der Waals surface area contributed by atoms with E-state index in [1.807, 2.05) is 12.1 Å². The van der Waals surface area contributed by atoms with Crippen molar-refractivity contribution in [1.29, 1.82) is 0 Å². The number of fused-ring (bicyclic) bond motifs is 1. The van der Waals surface area contributed by atoms with Crippen molar-refractivity contribution >= 4 is 39.2 Å². The van der Waals surface area contributed by atoms with Crippen LogP contribution in [0.4, 0.5) is 0 Å². The van der Waals surface area contributed by atoms with Crippen molar-refractivity contribution < 1.29 is 14.3 Å². The number of amides is 2. The number of benzene rings is 2. The van der Waals surface area contributed by atoms with Gasteiger partial charge in [0.05, 0.1) is 18.1 Å². The number of carbonyl (C=O) groups excluding carboxylic acids is 2. The fraction of sp³-hybridized carbons (Fsp3) is 0.564. The highest BCUT2D eigenvalue weighted by Crippen LogP contribution is 2.32. The summed E-state index contributed by atoms with van der Waals surface area (Å²) in [6.45, 7) is 14.6. The van der Waals surface area contributed by atoms with Crippen LogP contribution in [0.5, 0.6) is 0 Å². The Morgan fingerprint density at radius 3 is 2.37 bits per heavy atom. The predicted molar refractivity (Wildman–Crippen MR) is 200 cm³/mol. The van der Waals surface area contributed by atoms with Gasteiger partial charge in [-0.05, 0) is 88.1 Å². The summed E-state index contributed by atoms with van der Waals surface area (Å²) in [5.41, 5.74) is 1.52. The molecule has 2 N–H and O–H groups in total. The fourth-order valence-corrected chi connectivity index (χ4v) is 8.51. The predicted octanol–water partition coefficient (Wildman–Crippen LogP) is 5.47. The van der Waals surface area contributed by atoms with Crippen LogP contribution < -0.4 is 10.6 Å². The van der Waals surface area contributed by atoms with Gasteiger partial charge in [-0.3, -0.25) is 19.5 Å². The standard InChI is InChI=1S/C39H54N6O3S/c1-29(2)40-38(45-22-24-48-25-23-45)44-20-18-43(19-21-44)17-9-12-33(27-31-10-5-4-6-11-31)41-37(47)39(15-7-8-16-39)42-36(46)35-28-32-14-13-30(3)26-34(32)49-35/h4-6,10-11,13-14,26,28-29,33H,7-9,12,15-25,27H2,1-3H3,(H,41,47)(H,42,46)/t33-/m0/s1. The highest BCUT2D eigenvalue weighted by Gasteiger charge is 2.43. The third-order valence-electron chi connectivity index (χ3n) is 10.2. The third kappa shape index (κ3) is 9.21. The molecule has 2 aromatic carbocycles. The number of aryl methyl sites for hydroxylation is 1. The average molecular weight is 687 g/mol. The number of nitrogens with zero attached hydrogens (tertiary/aromatic N) is 4. The third-order valence-corrected chi connectivity index (χ3v) is 11.3. The lowest BCUT2D eigenvalue weighted by atomic mass is 9.94. The van der Waals surface area contributed by atoms with Gasteiger partial charge in [0.1, 0.15) is 5.54 Å². The Bertz CT molecular complexity index is 1570. The lowest BCUT2D eigenvalue weighted by molar-refractivity contribution is -0.128. The zero-order valence-corrected chi connectivity index (χ0v) is 30.4. The van der Waals surface area contributed by atoms with E-state index < -0.39 is 5.54 Å². The van der Waals surface area contributed by atoms with Gasteiger partial charge in [0, 0.05) is 56.1 Å². The Morgan fingerprint density at radius 2 is 1.65 bits per heavy atom. The normalized spacial score (nSPS) is 19.4. The summed E-state index contributed by atoms with van der Waals surface area (Å²) in [5, 5.41) is 7.75.